The van der Waals surface area contributed by atoms with Crippen molar-refractivity contribution in [2.45, 2.75) is 5.92 Å². The lowest BCUT2D eigenvalue weighted by molar-refractivity contribution is -0.126. The second-order valence-corrected chi connectivity index (χ2v) is 7.71. The third kappa shape index (κ3) is 5.90. The van der Waals surface area contributed by atoms with Crippen molar-refractivity contribution in [3.8, 4) is 5.75 Å². The van der Waals surface area contributed by atoms with Gasteiger partial charge in [0.1, 0.15) is 5.75 Å². The van der Waals surface area contributed by atoms with Gasteiger partial charge in [0.05, 0.1) is 18.7 Å². The van der Waals surface area contributed by atoms with Gasteiger partial charge in [-0.3, -0.25) is 9.59 Å². The van der Waals surface area contributed by atoms with Crippen molar-refractivity contribution in [1.82, 2.24) is 10.7 Å². The Hall–Kier alpha value is -3.20. The molecule has 0 bridgehead atoms. The minimum atomic E-state index is -0.521. The molecule has 2 amide bonds. The maximum absolute atomic E-state index is 12.9. The number of carbonyl (C=O) groups excluding carboxylic acids is 2. The number of nitrogens with one attached hydrogen (secondary N) is 2. The molecule has 152 valence electrons. The predicted molar refractivity (Wildman–Crippen MR) is 124 cm³/mol. The van der Waals surface area contributed by atoms with Gasteiger partial charge in [0.2, 0.25) is 5.91 Å². The van der Waals surface area contributed by atoms with Gasteiger partial charge < -0.3 is 10.4 Å². The Labute approximate surface area is 188 Å². The monoisotopic (exact) mass is 513 g/mol. The van der Waals surface area contributed by atoms with E-state index in [0.29, 0.717) is 5.56 Å². The van der Waals surface area contributed by atoms with Crippen LogP contribution >= 0.6 is 22.6 Å². The number of phenols is 1. The second-order valence-electron chi connectivity index (χ2n) is 6.47. The van der Waals surface area contributed by atoms with Gasteiger partial charge >= 0.3 is 0 Å². The number of nitrogens with zero attached hydrogens (tertiary/aromatic N) is 1. The van der Waals surface area contributed by atoms with Gasteiger partial charge in [-0.05, 0) is 51.9 Å². The minimum Gasteiger partial charge on any atom is -0.507 e. The summed E-state index contributed by atoms with van der Waals surface area (Å²) in [5.74, 6) is -1.20. The molecule has 0 aliphatic rings. The SMILES string of the molecule is O=C(CNC(=O)C(c1ccccc1)c1ccccc1)NN=Cc1cc(I)ccc1O. The van der Waals surface area contributed by atoms with Crippen LogP contribution in [0.15, 0.2) is 84.0 Å². The molecule has 3 aromatic rings. The van der Waals surface area contributed by atoms with Crippen LogP contribution in [-0.4, -0.2) is 29.7 Å². The second kappa shape index (κ2) is 10.5. The third-order valence-corrected chi connectivity index (χ3v) is 5.00. The zero-order valence-corrected chi connectivity index (χ0v) is 18.1. The fourth-order valence-electron chi connectivity index (χ4n) is 2.90. The minimum absolute atomic E-state index is 0.0651. The van der Waals surface area contributed by atoms with Gasteiger partial charge in [0.15, 0.2) is 0 Å². The van der Waals surface area contributed by atoms with Crippen molar-refractivity contribution in [3.05, 3.63) is 99.1 Å². The van der Waals surface area contributed by atoms with Crippen LogP contribution < -0.4 is 10.7 Å². The molecule has 0 heterocycles. The van der Waals surface area contributed by atoms with E-state index in [4.69, 9.17) is 0 Å². The molecule has 6 nitrogen and oxygen atoms in total. The number of carbonyl (C=O) groups is 2. The highest BCUT2D eigenvalue weighted by atomic mass is 127. The van der Waals surface area contributed by atoms with E-state index in [2.05, 4.69) is 38.4 Å². The number of hydrogen-bond acceptors (Lipinski definition) is 4. The molecule has 0 saturated carbocycles. The molecule has 30 heavy (non-hydrogen) atoms. The summed E-state index contributed by atoms with van der Waals surface area (Å²) in [5, 5.41) is 16.3. The van der Waals surface area contributed by atoms with E-state index in [-0.39, 0.29) is 18.2 Å². The van der Waals surface area contributed by atoms with Crippen LogP contribution in [0.25, 0.3) is 0 Å². The zero-order valence-electron chi connectivity index (χ0n) is 16.0. The van der Waals surface area contributed by atoms with Crippen LogP contribution in [-0.2, 0) is 9.59 Å². The van der Waals surface area contributed by atoms with E-state index in [1.165, 1.54) is 6.21 Å². The van der Waals surface area contributed by atoms with Crippen LogP contribution in [0, 0.1) is 3.57 Å². The molecule has 0 aliphatic carbocycles. The Balaban J connectivity index is 1.62. The number of hydrazone groups is 1. The van der Waals surface area contributed by atoms with Crippen LogP contribution in [0.1, 0.15) is 22.6 Å². The summed E-state index contributed by atoms with van der Waals surface area (Å²) in [6, 6.07) is 23.9. The topological polar surface area (TPSA) is 90.8 Å². The molecule has 0 aromatic heterocycles. The summed E-state index contributed by atoms with van der Waals surface area (Å²) < 4.78 is 0.929. The lowest BCUT2D eigenvalue weighted by atomic mass is 9.90. The van der Waals surface area contributed by atoms with E-state index < -0.39 is 11.8 Å². The number of aromatic hydroxyl groups is 1. The Morgan fingerprint density at radius 3 is 2.17 bits per heavy atom. The summed E-state index contributed by atoms with van der Waals surface area (Å²) >= 11 is 2.12. The fourth-order valence-corrected chi connectivity index (χ4v) is 3.41. The van der Waals surface area contributed by atoms with Gasteiger partial charge in [-0.25, -0.2) is 5.43 Å². The maximum Gasteiger partial charge on any atom is 0.259 e. The number of benzene rings is 3. The molecule has 3 aromatic carbocycles. The smallest absolute Gasteiger partial charge is 0.259 e. The first-order valence-electron chi connectivity index (χ1n) is 9.22. The van der Waals surface area contributed by atoms with Gasteiger partial charge in [-0.15, -0.1) is 0 Å². The largest absolute Gasteiger partial charge is 0.507 e. The molecular formula is C23H20IN3O3. The lowest BCUT2D eigenvalue weighted by Gasteiger charge is -2.17. The van der Waals surface area contributed by atoms with Crippen LogP contribution in [0.5, 0.6) is 5.75 Å². The summed E-state index contributed by atoms with van der Waals surface area (Å²) in [4.78, 5) is 24.9. The molecule has 7 heteroatoms. The Kier molecular flexibility index (Phi) is 7.56. The molecule has 0 unspecified atom stereocenters. The van der Waals surface area contributed by atoms with Gasteiger partial charge in [0.25, 0.3) is 5.91 Å². The zero-order chi connectivity index (χ0) is 21.3. The highest BCUT2D eigenvalue weighted by molar-refractivity contribution is 14.1. The van der Waals surface area contributed by atoms with E-state index in [0.717, 1.165) is 14.7 Å². The lowest BCUT2D eigenvalue weighted by Crippen LogP contribution is -2.37. The van der Waals surface area contributed by atoms with E-state index in [9.17, 15) is 14.7 Å². The standard InChI is InChI=1S/C23H20IN3O3/c24-19-11-12-20(28)18(13-19)14-26-27-21(29)15-25-23(30)22(16-7-3-1-4-8-16)17-9-5-2-6-10-17/h1-14,22,28H,15H2,(H,25,30)(H,27,29). The summed E-state index contributed by atoms with van der Waals surface area (Å²) in [6.07, 6.45) is 1.36. The van der Waals surface area contributed by atoms with E-state index >= 15 is 0 Å². The molecule has 0 atom stereocenters. The first-order valence-corrected chi connectivity index (χ1v) is 10.3. The van der Waals surface area contributed by atoms with E-state index in [1.807, 2.05) is 60.7 Å². The van der Waals surface area contributed by atoms with Crippen molar-refractivity contribution in [3.63, 3.8) is 0 Å². The van der Waals surface area contributed by atoms with Crippen molar-refractivity contribution in [2.75, 3.05) is 6.54 Å². The van der Waals surface area contributed by atoms with Crippen molar-refractivity contribution in [2.24, 2.45) is 5.10 Å². The molecule has 0 spiro atoms. The Bertz CT molecular complexity index is 1000. The maximum atomic E-state index is 12.9. The predicted octanol–water partition coefficient (Wildman–Crippen LogP) is 3.40. The molecule has 0 radical (unpaired) electrons. The van der Waals surface area contributed by atoms with Crippen molar-refractivity contribution in [1.29, 1.82) is 0 Å². The molecule has 3 rings (SSSR count). The highest BCUT2D eigenvalue weighted by Crippen LogP contribution is 2.24. The quantitative estimate of drug-likeness (QED) is 0.257. The Morgan fingerprint density at radius 1 is 0.967 bits per heavy atom. The van der Waals surface area contributed by atoms with Crippen molar-refractivity contribution >= 4 is 40.6 Å². The van der Waals surface area contributed by atoms with Gasteiger partial charge in [-0.1, -0.05) is 60.7 Å². The Morgan fingerprint density at radius 2 is 1.57 bits per heavy atom. The number of hydrogen-bond donors (Lipinski definition) is 3. The van der Waals surface area contributed by atoms with E-state index in [1.54, 1.807) is 18.2 Å². The van der Waals surface area contributed by atoms with Crippen LogP contribution in [0.3, 0.4) is 0 Å². The summed E-state index contributed by atoms with van der Waals surface area (Å²) in [7, 11) is 0. The number of halogens is 1. The molecule has 0 fully saturated rings. The highest BCUT2D eigenvalue weighted by Gasteiger charge is 2.22. The molecule has 0 saturated heterocycles. The molecular weight excluding hydrogens is 493 g/mol. The number of amides is 2. The first kappa shape index (κ1) is 21.5. The van der Waals surface area contributed by atoms with Gasteiger partial charge in [-0.2, -0.15) is 5.10 Å². The summed E-state index contributed by atoms with van der Waals surface area (Å²) in [5.41, 5.74) is 4.52. The van der Waals surface area contributed by atoms with Crippen molar-refractivity contribution < 1.29 is 14.7 Å². The molecule has 0 aliphatic heterocycles. The normalized spacial score (nSPS) is 10.9. The van der Waals surface area contributed by atoms with Gasteiger partial charge in [0, 0.05) is 9.13 Å². The summed E-state index contributed by atoms with van der Waals surface area (Å²) in [6.45, 7) is -0.218. The third-order valence-electron chi connectivity index (χ3n) is 4.33. The van der Waals surface area contributed by atoms with Crippen LogP contribution in [0.2, 0.25) is 0 Å². The average molecular weight is 513 g/mol. The first-order chi connectivity index (χ1) is 14.5. The number of rotatable bonds is 7. The van der Waals surface area contributed by atoms with Crippen LogP contribution in [0.4, 0.5) is 0 Å². The molecule has 3 N–H and O–H groups in total. The fraction of sp³-hybridized carbons (Fsp3) is 0.0870. The average Bonchev–Trinajstić information content (AvgIpc) is 2.76. The number of phenolic OH excluding ortho intramolecular Hbond substituents is 1.